The number of halogens is 1. The summed E-state index contributed by atoms with van der Waals surface area (Å²) in [6.45, 7) is 20.2. The maximum Gasteiger partial charge on any atom is 0.415 e. The molecule has 0 radical (unpaired) electrons. The highest BCUT2D eigenvalue weighted by Crippen LogP contribution is 2.45. The maximum absolute atomic E-state index is 16.3. The molecule has 3 N–H and O–H groups in total. The van der Waals surface area contributed by atoms with E-state index in [0.29, 0.717) is 0 Å². The number of hydrogen-bond donors (Lipinski definition) is 2. The van der Waals surface area contributed by atoms with Crippen LogP contribution < -0.4 is 10.6 Å². The van der Waals surface area contributed by atoms with E-state index in [1.54, 1.807) is 0 Å². The van der Waals surface area contributed by atoms with Crippen molar-refractivity contribution in [2.45, 2.75) is 135 Å². The molecule has 0 aromatic carbocycles. The molecule has 12 nitrogen and oxygen atoms in total. The summed E-state index contributed by atoms with van der Waals surface area (Å²) in [4.78, 5) is 38.7. The molecular formula is C30H55FN6O6Si2. The fraction of sp³-hybridized carbons (Fsp3) is 0.800. The number of nitrogens with two attached hydrogens (primary N) is 1. The summed E-state index contributed by atoms with van der Waals surface area (Å²) >= 11 is 0. The van der Waals surface area contributed by atoms with Gasteiger partial charge < -0.3 is 28.5 Å². The number of unbranched alkanes of at least 4 members (excludes halogenated alkanes) is 2. The molecule has 0 unspecified atom stereocenters. The van der Waals surface area contributed by atoms with Gasteiger partial charge in [0.1, 0.15) is 0 Å². The van der Waals surface area contributed by atoms with Gasteiger partial charge in [0.25, 0.3) is 0 Å². The van der Waals surface area contributed by atoms with Crippen LogP contribution in [-0.2, 0) is 18.0 Å². The number of ether oxygens (including phenoxy) is 2. The van der Waals surface area contributed by atoms with Crippen LogP contribution in [0, 0.1) is 0 Å². The number of imidazole rings is 1. The summed E-state index contributed by atoms with van der Waals surface area (Å²) in [5.41, 5.74) is 4.76. The molecule has 1 saturated heterocycles. The van der Waals surface area contributed by atoms with E-state index in [0.717, 1.165) is 19.3 Å². The molecule has 1 aliphatic heterocycles. The predicted molar refractivity (Wildman–Crippen MR) is 178 cm³/mol. The number of hydrogen-bond acceptors (Lipinski definition) is 10. The van der Waals surface area contributed by atoms with E-state index < -0.39 is 41.2 Å². The van der Waals surface area contributed by atoms with Crippen molar-refractivity contribution in [2.24, 2.45) is 0 Å². The van der Waals surface area contributed by atoms with Crippen LogP contribution in [0.15, 0.2) is 6.33 Å². The minimum absolute atomic E-state index is 0.0254. The first-order chi connectivity index (χ1) is 20.9. The van der Waals surface area contributed by atoms with Crippen LogP contribution >= 0.6 is 0 Å². The highest BCUT2D eigenvalue weighted by atomic mass is 28.5. The Bertz CT molecular complexity index is 1280. The van der Waals surface area contributed by atoms with Gasteiger partial charge in [-0.05, 0) is 35.5 Å². The summed E-state index contributed by atoms with van der Waals surface area (Å²) in [5.74, 6) is 0.0565. The molecule has 2 aromatic heterocycles. The quantitative estimate of drug-likeness (QED) is 0.154. The molecule has 0 saturated carbocycles. The van der Waals surface area contributed by atoms with E-state index >= 15 is 4.39 Å². The first-order valence-electron chi connectivity index (χ1n) is 16.2. The van der Waals surface area contributed by atoms with Crippen LogP contribution in [0.2, 0.25) is 22.2 Å². The Kier molecular flexibility index (Phi) is 12.2. The van der Waals surface area contributed by atoms with E-state index in [4.69, 9.17) is 23.7 Å². The van der Waals surface area contributed by atoms with E-state index in [1.807, 2.05) is 27.7 Å². The zero-order valence-electron chi connectivity index (χ0n) is 29.0. The van der Waals surface area contributed by atoms with Gasteiger partial charge in [-0.2, -0.15) is 9.97 Å². The van der Waals surface area contributed by atoms with Crippen LogP contribution in [0.25, 0.3) is 11.2 Å². The molecule has 15 heteroatoms. The minimum Gasteiger partial charge on any atom is -0.449 e. The van der Waals surface area contributed by atoms with E-state index in [1.165, 1.54) is 29.8 Å². The van der Waals surface area contributed by atoms with Gasteiger partial charge in [-0.1, -0.05) is 75.2 Å². The summed E-state index contributed by atoms with van der Waals surface area (Å²) in [6.07, 6.45) is 1.92. The molecule has 3 heterocycles. The first-order valence-corrected chi connectivity index (χ1v) is 20.2. The molecule has 3 rings (SSSR count). The lowest BCUT2D eigenvalue weighted by atomic mass is 10.0. The number of amides is 1. The monoisotopic (exact) mass is 670 g/mol. The number of nitrogen functional groups attached to an aromatic ring is 1. The Morgan fingerprint density at radius 2 is 1.78 bits per heavy atom. The van der Waals surface area contributed by atoms with Crippen LogP contribution in [0.3, 0.4) is 0 Å². The second-order valence-corrected chi connectivity index (χ2v) is 22.4. The van der Waals surface area contributed by atoms with Crippen molar-refractivity contribution < 1.29 is 32.0 Å². The smallest absolute Gasteiger partial charge is 0.415 e. The van der Waals surface area contributed by atoms with Gasteiger partial charge in [0.2, 0.25) is 5.95 Å². The third-order valence-electron chi connectivity index (χ3n) is 8.78. The number of nitrogens with zero attached hydrogens (tertiary/aromatic N) is 5. The topological polar surface area (TPSA) is 147 Å². The Morgan fingerprint density at radius 1 is 1.16 bits per heavy atom. The fourth-order valence-electron chi connectivity index (χ4n) is 6.04. The average molecular weight is 671 g/mol. The van der Waals surface area contributed by atoms with Crippen molar-refractivity contribution in [2.75, 3.05) is 30.9 Å². The van der Waals surface area contributed by atoms with E-state index in [9.17, 15) is 9.59 Å². The van der Waals surface area contributed by atoms with Gasteiger partial charge in [0.05, 0.1) is 25.6 Å². The molecule has 2 aromatic rings. The normalized spacial score (nSPS) is 21.2. The first kappa shape index (κ1) is 37.3. The molecule has 1 fully saturated rings. The second kappa shape index (κ2) is 14.7. The predicted octanol–water partition coefficient (Wildman–Crippen LogP) is 6.74. The molecule has 0 bridgehead atoms. The maximum atomic E-state index is 16.3. The zero-order valence-corrected chi connectivity index (χ0v) is 31.0. The lowest BCUT2D eigenvalue weighted by molar-refractivity contribution is -0.0570. The Hall–Kier alpha value is -2.18. The van der Waals surface area contributed by atoms with Crippen molar-refractivity contribution in [3.05, 3.63) is 6.33 Å². The molecule has 0 spiro atoms. The Balaban J connectivity index is 1.87. The van der Waals surface area contributed by atoms with Crippen LogP contribution in [0.5, 0.6) is 0 Å². The van der Waals surface area contributed by atoms with Gasteiger partial charge in [0.15, 0.2) is 28.9 Å². The van der Waals surface area contributed by atoms with Crippen molar-refractivity contribution in [1.82, 2.24) is 19.5 Å². The lowest BCUT2D eigenvalue weighted by Gasteiger charge is -2.46. The number of alkyl halides is 1. The Labute approximate surface area is 269 Å². The van der Waals surface area contributed by atoms with Crippen LogP contribution in [-0.4, -0.2) is 79.6 Å². The van der Waals surface area contributed by atoms with Crippen molar-refractivity contribution in [3.8, 4) is 0 Å². The fourth-order valence-corrected chi connectivity index (χ4v) is 15.9. The molecule has 1 aliphatic rings. The van der Waals surface area contributed by atoms with Crippen LogP contribution in [0.1, 0.15) is 101 Å². The largest absolute Gasteiger partial charge is 0.449 e. The molecule has 45 heavy (non-hydrogen) atoms. The highest BCUT2D eigenvalue weighted by molar-refractivity contribution is 6.83. The summed E-state index contributed by atoms with van der Waals surface area (Å²) < 4.78 is 43.0. The van der Waals surface area contributed by atoms with Crippen LogP contribution in [0.4, 0.5) is 21.0 Å². The van der Waals surface area contributed by atoms with E-state index in [-0.39, 0.29) is 64.7 Å². The number of fused-ring (bicyclic) bond motifs is 1. The lowest BCUT2D eigenvalue weighted by Crippen LogP contribution is -2.60. The van der Waals surface area contributed by atoms with Gasteiger partial charge >= 0.3 is 23.2 Å². The number of carbonyl (C=O) groups excluding carboxylic acids is 1. The minimum atomic E-state index is -3.15. The number of rotatable bonds is 15. The second-order valence-electron chi connectivity index (χ2n) is 13.7. The van der Waals surface area contributed by atoms with Crippen molar-refractivity contribution in [3.63, 3.8) is 0 Å². The average Bonchev–Trinajstić information content (AvgIpc) is 3.50. The molecular weight excluding hydrogens is 616 g/mol. The van der Waals surface area contributed by atoms with E-state index in [2.05, 4.69) is 49.6 Å². The Morgan fingerprint density at radius 3 is 2.33 bits per heavy atom. The number of aromatic nitrogens is 4. The van der Waals surface area contributed by atoms with Gasteiger partial charge in [-0.3, -0.25) is 9.47 Å². The molecule has 256 valence electrons. The summed E-state index contributed by atoms with van der Waals surface area (Å²) in [7, 11) is -4.64. The molecule has 0 aliphatic carbocycles. The summed E-state index contributed by atoms with van der Waals surface area (Å²) in [5, 5.41) is 0. The highest BCUT2D eigenvalue weighted by Gasteiger charge is 2.56. The zero-order chi connectivity index (χ0) is 33.9. The third kappa shape index (κ3) is 7.87. The molecule has 3 atom stereocenters. The molecule has 1 amide bonds. The third-order valence-corrected chi connectivity index (χ3v) is 18.5. The van der Waals surface area contributed by atoms with Gasteiger partial charge in [-0.25, -0.2) is 14.2 Å². The SMILES string of the molecule is CCCCCOC(=O)N(C)c1nc(N)nc2c1ncn2[C@@H]1O[C@H](CO[Si](O[Si](O)(C(C)C)C(C)C)(C(C)C)C(C)C)C[C@@]1(C)F. The van der Waals surface area contributed by atoms with Gasteiger partial charge in [0, 0.05) is 13.5 Å². The summed E-state index contributed by atoms with van der Waals surface area (Å²) in [6, 6.07) is 0. The van der Waals surface area contributed by atoms with Crippen molar-refractivity contribution >= 4 is 46.1 Å². The standard InChI is InChI=1S/C30H55FN6O6Si2/c1-12-13-14-15-40-29(38)36(11)25-24-26(35-28(32)34-25)37(18-33-24)27-30(10,31)16-23(42-27)17-41-45(21(6)7,22(8)9)43-44(39,19(2)3)20(4)5/h18-23,27,39H,12-17H2,1-11H3,(H2,32,34,35)/t23-,27+,30+/m0/s1. The van der Waals surface area contributed by atoms with Crippen molar-refractivity contribution in [1.29, 1.82) is 0 Å². The van der Waals surface area contributed by atoms with Gasteiger partial charge in [-0.15, -0.1) is 0 Å². The number of anilines is 2. The number of carbonyl (C=O) groups is 1.